The maximum Gasteiger partial charge on any atom is 0.240 e. The van der Waals surface area contributed by atoms with Crippen LogP contribution in [-0.2, 0) is 4.79 Å². The lowest BCUT2D eigenvalue weighted by Crippen LogP contribution is -2.65. The van der Waals surface area contributed by atoms with Gasteiger partial charge in [0.1, 0.15) is 0 Å². The summed E-state index contributed by atoms with van der Waals surface area (Å²) >= 11 is 0. The van der Waals surface area contributed by atoms with E-state index in [1.807, 2.05) is 11.9 Å². The normalized spacial score (nSPS) is 25.9. The van der Waals surface area contributed by atoms with Gasteiger partial charge in [0, 0.05) is 25.2 Å². The highest BCUT2D eigenvalue weighted by Crippen LogP contribution is 2.25. The molecule has 1 saturated heterocycles. The lowest BCUT2D eigenvalue weighted by Gasteiger charge is -2.49. The van der Waals surface area contributed by atoms with Crippen molar-refractivity contribution < 1.29 is 9.90 Å². The van der Waals surface area contributed by atoms with E-state index in [1.165, 1.54) is 0 Å². The average Bonchev–Trinajstić information content (AvgIpc) is 2.21. The zero-order valence-electron chi connectivity index (χ0n) is 10.4. The minimum Gasteiger partial charge on any atom is -0.396 e. The summed E-state index contributed by atoms with van der Waals surface area (Å²) in [5.74, 6) is 0.0933. The Morgan fingerprint density at radius 1 is 1.62 bits per heavy atom. The van der Waals surface area contributed by atoms with Gasteiger partial charge in [-0.1, -0.05) is 6.08 Å². The van der Waals surface area contributed by atoms with Crippen molar-refractivity contribution in [3.8, 4) is 0 Å². The zero-order valence-corrected chi connectivity index (χ0v) is 10.4. The van der Waals surface area contributed by atoms with Crippen molar-refractivity contribution in [2.45, 2.75) is 31.8 Å². The molecule has 4 nitrogen and oxygen atoms in total. The van der Waals surface area contributed by atoms with Crippen LogP contribution in [0, 0.1) is 0 Å². The number of hydrogen-bond donors (Lipinski definition) is 1. The van der Waals surface area contributed by atoms with Crippen LogP contribution in [0.1, 0.15) is 20.3 Å². The first-order valence-corrected chi connectivity index (χ1v) is 5.67. The Bertz CT molecular complexity index is 276. The van der Waals surface area contributed by atoms with Crippen molar-refractivity contribution in [3.63, 3.8) is 0 Å². The molecule has 1 atom stereocenters. The molecule has 1 unspecified atom stereocenters. The number of carbonyl (C=O) groups is 1. The fourth-order valence-electron chi connectivity index (χ4n) is 2.20. The molecule has 0 bridgehead atoms. The van der Waals surface area contributed by atoms with Gasteiger partial charge in [-0.25, -0.2) is 0 Å². The van der Waals surface area contributed by atoms with E-state index in [0.29, 0.717) is 19.5 Å². The van der Waals surface area contributed by atoms with Crippen LogP contribution in [0.5, 0.6) is 0 Å². The topological polar surface area (TPSA) is 43.8 Å². The summed E-state index contributed by atoms with van der Waals surface area (Å²) in [5, 5.41) is 9.02. The summed E-state index contributed by atoms with van der Waals surface area (Å²) in [6.07, 6.45) is 2.24. The van der Waals surface area contributed by atoms with Crippen LogP contribution in [0.4, 0.5) is 0 Å². The van der Waals surface area contributed by atoms with Gasteiger partial charge in [-0.2, -0.15) is 0 Å². The number of likely N-dealkylation sites (N-methyl/N-ethyl adjacent to an activating group) is 1. The third-order valence-electron chi connectivity index (χ3n) is 3.35. The number of nitrogens with zero attached hydrogens (tertiary/aromatic N) is 2. The molecule has 1 aliphatic rings. The third-order valence-corrected chi connectivity index (χ3v) is 3.35. The third kappa shape index (κ3) is 2.44. The van der Waals surface area contributed by atoms with Crippen LogP contribution < -0.4 is 0 Å². The quantitative estimate of drug-likeness (QED) is 0.709. The van der Waals surface area contributed by atoms with Crippen molar-refractivity contribution in [1.29, 1.82) is 0 Å². The van der Waals surface area contributed by atoms with Crippen LogP contribution in [-0.4, -0.2) is 59.1 Å². The molecule has 1 fully saturated rings. The Kier molecular flexibility index (Phi) is 4.10. The predicted octanol–water partition coefficient (Wildman–Crippen LogP) is 0.476. The van der Waals surface area contributed by atoms with Gasteiger partial charge >= 0.3 is 0 Å². The Balaban J connectivity index is 2.88. The second-order valence-corrected chi connectivity index (χ2v) is 4.96. The van der Waals surface area contributed by atoms with Gasteiger partial charge in [-0.3, -0.25) is 9.69 Å². The molecule has 92 valence electrons. The first-order valence-electron chi connectivity index (χ1n) is 5.67. The standard InChI is InChI=1S/C12H22N2O2/c1-5-7-14-9-12(2,3)13(4)10(6-8-15)11(14)16/h5,10,15H,1,6-9H2,2-4H3. The van der Waals surface area contributed by atoms with Crippen molar-refractivity contribution in [1.82, 2.24) is 9.80 Å². The van der Waals surface area contributed by atoms with Crippen LogP contribution in [0.15, 0.2) is 12.7 Å². The summed E-state index contributed by atoms with van der Waals surface area (Å²) in [4.78, 5) is 16.0. The molecule has 0 radical (unpaired) electrons. The maximum atomic E-state index is 12.1. The van der Waals surface area contributed by atoms with E-state index in [2.05, 4.69) is 25.3 Å². The highest BCUT2D eigenvalue weighted by Gasteiger charge is 2.41. The fraction of sp³-hybridized carbons (Fsp3) is 0.750. The summed E-state index contributed by atoms with van der Waals surface area (Å²) < 4.78 is 0. The molecule has 0 spiro atoms. The molecule has 0 saturated carbocycles. The van der Waals surface area contributed by atoms with E-state index in [4.69, 9.17) is 5.11 Å². The van der Waals surface area contributed by atoms with Gasteiger partial charge in [0.2, 0.25) is 5.91 Å². The second kappa shape index (κ2) is 4.97. The highest BCUT2D eigenvalue weighted by atomic mass is 16.3. The number of carbonyl (C=O) groups excluding carboxylic acids is 1. The van der Waals surface area contributed by atoms with E-state index in [1.54, 1.807) is 6.08 Å². The molecule has 1 N–H and O–H groups in total. The van der Waals surface area contributed by atoms with Crippen molar-refractivity contribution >= 4 is 5.91 Å². The molecule has 16 heavy (non-hydrogen) atoms. The van der Waals surface area contributed by atoms with Gasteiger partial charge in [-0.15, -0.1) is 6.58 Å². The molecule has 0 aromatic heterocycles. The lowest BCUT2D eigenvalue weighted by atomic mass is 9.94. The Morgan fingerprint density at radius 2 is 2.25 bits per heavy atom. The number of aliphatic hydroxyl groups is 1. The molecule has 0 aromatic carbocycles. The second-order valence-electron chi connectivity index (χ2n) is 4.96. The number of aliphatic hydroxyl groups excluding tert-OH is 1. The van der Waals surface area contributed by atoms with Crippen LogP contribution in [0.2, 0.25) is 0 Å². The zero-order chi connectivity index (χ0) is 12.3. The van der Waals surface area contributed by atoms with E-state index < -0.39 is 0 Å². The molecule has 1 heterocycles. The van der Waals surface area contributed by atoms with Crippen LogP contribution >= 0.6 is 0 Å². The molecule has 0 aromatic rings. The van der Waals surface area contributed by atoms with Crippen LogP contribution in [0.25, 0.3) is 0 Å². The summed E-state index contributed by atoms with van der Waals surface area (Å²) in [5.41, 5.74) is -0.0588. The van der Waals surface area contributed by atoms with Gasteiger partial charge in [-0.05, 0) is 27.3 Å². The van der Waals surface area contributed by atoms with E-state index in [-0.39, 0.29) is 24.1 Å². The van der Waals surface area contributed by atoms with Crippen molar-refractivity contribution in [3.05, 3.63) is 12.7 Å². The Morgan fingerprint density at radius 3 is 2.75 bits per heavy atom. The molecular formula is C12H22N2O2. The van der Waals surface area contributed by atoms with Gasteiger partial charge in [0.25, 0.3) is 0 Å². The summed E-state index contributed by atoms with van der Waals surface area (Å²) in [6.45, 7) is 9.22. The first kappa shape index (κ1) is 13.2. The number of amides is 1. The smallest absolute Gasteiger partial charge is 0.240 e. The van der Waals surface area contributed by atoms with Crippen LogP contribution in [0.3, 0.4) is 0 Å². The number of hydrogen-bond acceptors (Lipinski definition) is 3. The first-order chi connectivity index (χ1) is 7.44. The van der Waals surface area contributed by atoms with Gasteiger partial charge in [0.05, 0.1) is 6.04 Å². The van der Waals surface area contributed by atoms with Gasteiger partial charge < -0.3 is 10.0 Å². The molecule has 0 aliphatic carbocycles. The molecular weight excluding hydrogens is 204 g/mol. The predicted molar refractivity (Wildman–Crippen MR) is 64.1 cm³/mol. The largest absolute Gasteiger partial charge is 0.396 e. The lowest BCUT2D eigenvalue weighted by molar-refractivity contribution is -0.148. The number of rotatable bonds is 4. The maximum absolute atomic E-state index is 12.1. The van der Waals surface area contributed by atoms with Crippen molar-refractivity contribution in [2.75, 3.05) is 26.7 Å². The number of piperazine rings is 1. The van der Waals surface area contributed by atoms with E-state index in [0.717, 1.165) is 0 Å². The average molecular weight is 226 g/mol. The Labute approximate surface area is 97.5 Å². The Hall–Kier alpha value is -0.870. The van der Waals surface area contributed by atoms with E-state index in [9.17, 15) is 4.79 Å². The molecule has 4 heteroatoms. The fourth-order valence-corrected chi connectivity index (χ4v) is 2.20. The molecule has 1 rings (SSSR count). The van der Waals surface area contributed by atoms with Crippen molar-refractivity contribution in [2.24, 2.45) is 0 Å². The minimum absolute atomic E-state index is 0.0404. The summed E-state index contributed by atoms with van der Waals surface area (Å²) in [7, 11) is 1.95. The monoisotopic (exact) mass is 226 g/mol. The SMILES string of the molecule is C=CCN1CC(C)(C)N(C)C(CCO)C1=O. The minimum atomic E-state index is -0.214. The summed E-state index contributed by atoms with van der Waals surface area (Å²) in [6, 6.07) is -0.214. The highest BCUT2D eigenvalue weighted by molar-refractivity contribution is 5.83. The molecule has 1 aliphatic heterocycles. The molecule has 1 amide bonds. The van der Waals surface area contributed by atoms with Gasteiger partial charge in [0.15, 0.2) is 0 Å². The van der Waals surface area contributed by atoms with E-state index >= 15 is 0 Å².